The Labute approximate surface area is 127 Å². The molecule has 112 valence electrons. The molecule has 0 aliphatic heterocycles. The number of rotatable bonds is 5. The average molecular weight is 284 g/mol. The van der Waals surface area contributed by atoms with Crippen LogP contribution in [0.4, 0.5) is 0 Å². The second kappa shape index (κ2) is 6.31. The summed E-state index contributed by atoms with van der Waals surface area (Å²) in [7, 11) is 1.67. The fourth-order valence-electron chi connectivity index (χ4n) is 2.40. The molecule has 2 aromatic carbocycles. The molecule has 0 radical (unpaired) electrons. The highest BCUT2D eigenvalue weighted by molar-refractivity contribution is 5.33. The molecule has 0 heterocycles. The third kappa shape index (κ3) is 3.85. The van der Waals surface area contributed by atoms with Gasteiger partial charge in [-0.05, 0) is 68.0 Å². The Hall–Kier alpha value is -1.80. The zero-order valence-electron chi connectivity index (χ0n) is 13.3. The van der Waals surface area contributed by atoms with Crippen LogP contribution >= 0.6 is 0 Å². The molecule has 1 N–H and O–H groups in total. The monoisotopic (exact) mass is 284 g/mol. The quantitative estimate of drug-likeness (QED) is 0.893. The van der Waals surface area contributed by atoms with Crippen LogP contribution in [-0.2, 0) is 12.0 Å². The maximum Gasteiger partial charge on any atom is 0.118 e. The van der Waals surface area contributed by atoms with Gasteiger partial charge in [0.2, 0.25) is 0 Å². The molecule has 0 saturated carbocycles. The van der Waals surface area contributed by atoms with Crippen LogP contribution in [-0.4, -0.2) is 12.2 Å². The Morgan fingerprint density at radius 1 is 1.00 bits per heavy atom. The molecule has 21 heavy (non-hydrogen) atoms. The molecule has 0 saturated heterocycles. The van der Waals surface area contributed by atoms with Gasteiger partial charge in [-0.1, -0.05) is 30.3 Å². The Morgan fingerprint density at radius 3 is 2.24 bits per heavy atom. The summed E-state index contributed by atoms with van der Waals surface area (Å²) in [5.41, 5.74) is 3.86. The van der Waals surface area contributed by atoms with Gasteiger partial charge in [-0.15, -0.1) is 0 Å². The van der Waals surface area contributed by atoms with E-state index in [1.165, 1.54) is 16.7 Å². The smallest absolute Gasteiger partial charge is 0.118 e. The fraction of sp³-hybridized carbons (Fsp3) is 0.368. The molecule has 1 atom stereocenters. The van der Waals surface area contributed by atoms with Gasteiger partial charge >= 0.3 is 0 Å². The molecule has 0 aliphatic rings. The number of aryl methyl sites for hydroxylation is 3. The summed E-state index contributed by atoms with van der Waals surface area (Å²) < 4.78 is 5.16. The Balaban J connectivity index is 2.07. The van der Waals surface area contributed by atoms with Crippen LogP contribution in [0.2, 0.25) is 0 Å². The van der Waals surface area contributed by atoms with Gasteiger partial charge in [-0.25, -0.2) is 0 Å². The second-order valence-electron chi connectivity index (χ2n) is 5.92. The lowest BCUT2D eigenvalue weighted by Gasteiger charge is -2.25. The van der Waals surface area contributed by atoms with Crippen LogP contribution < -0.4 is 4.74 Å². The first kappa shape index (κ1) is 15.6. The molecular weight excluding hydrogens is 260 g/mol. The van der Waals surface area contributed by atoms with E-state index in [4.69, 9.17) is 4.74 Å². The van der Waals surface area contributed by atoms with Crippen LogP contribution in [0, 0.1) is 13.8 Å². The molecular formula is C19H24O2. The van der Waals surface area contributed by atoms with Crippen LogP contribution in [0.5, 0.6) is 5.75 Å². The van der Waals surface area contributed by atoms with E-state index < -0.39 is 5.60 Å². The van der Waals surface area contributed by atoms with Crippen molar-refractivity contribution in [1.82, 2.24) is 0 Å². The molecule has 1 unspecified atom stereocenters. The topological polar surface area (TPSA) is 29.5 Å². The summed E-state index contributed by atoms with van der Waals surface area (Å²) in [6.07, 6.45) is 1.53. The van der Waals surface area contributed by atoms with Crippen molar-refractivity contribution in [2.45, 2.75) is 39.2 Å². The van der Waals surface area contributed by atoms with Crippen molar-refractivity contribution in [2.75, 3.05) is 7.11 Å². The normalized spacial score (nSPS) is 13.8. The largest absolute Gasteiger partial charge is 0.497 e. The highest BCUT2D eigenvalue weighted by atomic mass is 16.5. The van der Waals surface area contributed by atoms with Crippen molar-refractivity contribution in [3.05, 3.63) is 64.7 Å². The first-order valence-corrected chi connectivity index (χ1v) is 7.35. The summed E-state index contributed by atoms with van der Waals surface area (Å²) in [4.78, 5) is 0. The Bertz CT molecular complexity index is 597. The van der Waals surface area contributed by atoms with E-state index in [1.54, 1.807) is 7.11 Å². The Kier molecular flexibility index (Phi) is 4.69. The molecule has 2 nitrogen and oxygen atoms in total. The van der Waals surface area contributed by atoms with E-state index in [0.29, 0.717) is 6.42 Å². The van der Waals surface area contributed by atoms with Crippen molar-refractivity contribution >= 4 is 0 Å². The van der Waals surface area contributed by atoms with Gasteiger partial charge in [-0.3, -0.25) is 0 Å². The van der Waals surface area contributed by atoms with Gasteiger partial charge in [0.1, 0.15) is 5.75 Å². The zero-order valence-corrected chi connectivity index (χ0v) is 13.3. The lowest BCUT2D eigenvalue weighted by molar-refractivity contribution is 0.0480. The minimum absolute atomic E-state index is 0.696. The summed E-state index contributed by atoms with van der Waals surface area (Å²) in [5, 5.41) is 10.7. The minimum Gasteiger partial charge on any atom is -0.497 e. The van der Waals surface area contributed by atoms with Crippen molar-refractivity contribution in [3.63, 3.8) is 0 Å². The predicted octanol–water partition coefficient (Wildman–Crippen LogP) is 4.15. The SMILES string of the molecule is COc1ccc(CCC(C)(O)c2ccc(C)c(C)c2)cc1. The van der Waals surface area contributed by atoms with Crippen molar-refractivity contribution in [3.8, 4) is 5.75 Å². The van der Waals surface area contributed by atoms with Crippen LogP contribution in [0.15, 0.2) is 42.5 Å². The Morgan fingerprint density at radius 2 is 1.67 bits per heavy atom. The third-order valence-corrected chi connectivity index (χ3v) is 4.19. The molecule has 0 bridgehead atoms. The lowest BCUT2D eigenvalue weighted by Crippen LogP contribution is -2.22. The van der Waals surface area contributed by atoms with Gasteiger partial charge in [-0.2, -0.15) is 0 Å². The fourth-order valence-corrected chi connectivity index (χ4v) is 2.40. The van der Waals surface area contributed by atoms with Crippen molar-refractivity contribution in [1.29, 1.82) is 0 Å². The molecule has 0 spiro atoms. The lowest BCUT2D eigenvalue weighted by atomic mass is 9.88. The summed E-state index contributed by atoms with van der Waals surface area (Å²) in [5.74, 6) is 0.861. The number of aliphatic hydroxyl groups is 1. The van der Waals surface area contributed by atoms with Gasteiger partial charge in [0, 0.05) is 0 Å². The zero-order chi connectivity index (χ0) is 15.5. The van der Waals surface area contributed by atoms with Gasteiger partial charge < -0.3 is 9.84 Å². The molecule has 2 aromatic rings. The minimum atomic E-state index is -0.807. The summed E-state index contributed by atoms with van der Waals surface area (Å²) in [6.45, 7) is 6.06. The van der Waals surface area contributed by atoms with Crippen LogP contribution in [0.1, 0.15) is 35.6 Å². The first-order chi connectivity index (χ1) is 9.92. The number of ether oxygens (including phenoxy) is 1. The highest BCUT2D eigenvalue weighted by Gasteiger charge is 2.23. The highest BCUT2D eigenvalue weighted by Crippen LogP contribution is 2.28. The molecule has 0 aromatic heterocycles. The third-order valence-electron chi connectivity index (χ3n) is 4.19. The molecule has 0 amide bonds. The van der Waals surface area contributed by atoms with Crippen molar-refractivity contribution < 1.29 is 9.84 Å². The van der Waals surface area contributed by atoms with Gasteiger partial charge in [0.25, 0.3) is 0 Å². The van der Waals surface area contributed by atoms with Crippen LogP contribution in [0.25, 0.3) is 0 Å². The second-order valence-corrected chi connectivity index (χ2v) is 5.92. The molecule has 0 fully saturated rings. The van der Waals surface area contributed by atoms with E-state index in [1.807, 2.05) is 25.1 Å². The number of hydrogen-bond donors (Lipinski definition) is 1. The van der Waals surface area contributed by atoms with Crippen molar-refractivity contribution in [2.24, 2.45) is 0 Å². The number of benzene rings is 2. The number of hydrogen-bond acceptors (Lipinski definition) is 2. The van der Waals surface area contributed by atoms with E-state index in [-0.39, 0.29) is 0 Å². The number of methoxy groups -OCH3 is 1. The predicted molar refractivity (Wildman–Crippen MR) is 86.8 cm³/mol. The first-order valence-electron chi connectivity index (χ1n) is 7.35. The van der Waals surface area contributed by atoms with Gasteiger partial charge in [0.05, 0.1) is 12.7 Å². The van der Waals surface area contributed by atoms with E-state index >= 15 is 0 Å². The summed E-state index contributed by atoms with van der Waals surface area (Å²) >= 11 is 0. The van der Waals surface area contributed by atoms with Crippen LogP contribution in [0.3, 0.4) is 0 Å². The average Bonchev–Trinajstić information content (AvgIpc) is 2.48. The summed E-state index contributed by atoms with van der Waals surface area (Å²) in [6, 6.07) is 14.2. The molecule has 2 rings (SSSR count). The van der Waals surface area contributed by atoms with E-state index in [0.717, 1.165) is 17.7 Å². The molecule has 2 heteroatoms. The van der Waals surface area contributed by atoms with E-state index in [2.05, 4.69) is 38.1 Å². The van der Waals surface area contributed by atoms with E-state index in [9.17, 15) is 5.11 Å². The maximum absolute atomic E-state index is 10.7. The van der Waals surface area contributed by atoms with Gasteiger partial charge in [0.15, 0.2) is 0 Å². The standard InChI is InChI=1S/C19H24O2/c1-14-5-8-17(13-15(14)2)19(3,20)12-11-16-6-9-18(21-4)10-7-16/h5-10,13,20H,11-12H2,1-4H3. The molecule has 0 aliphatic carbocycles. The maximum atomic E-state index is 10.7.